The highest BCUT2D eigenvalue weighted by molar-refractivity contribution is 9.09. The monoisotopic (exact) mass is 315 g/mol. The molecule has 6 heteroatoms. The maximum atomic E-state index is 11.8. The molecule has 1 unspecified atom stereocenters. The van der Waals surface area contributed by atoms with Gasteiger partial charge in [-0.3, -0.25) is 9.69 Å². The van der Waals surface area contributed by atoms with Crippen molar-refractivity contribution in [3.63, 3.8) is 0 Å². The molecule has 4 nitrogen and oxygen atoms in total. The second-order valence-corrected chi connectivity index (χ2v) is 7.03. The second kappa shape index (κ2) is 4.33. The number of nitrogens with two attached hydrogens (primary N) is 1. The van der Waals surface area contributed by atoms with Crippen molar-refractivity contribution < 1.29 is 4.79 Å². The van der Waals surface area contributed by atoms with Gasteiger partial charge in [-0.1, -0.05) is 15.9 Å². The van der Waals surface area contributed by atoms with Gasteiger partial charge in [0.15, 0.2) is 5.13 Å². The molecule has 1 amide bonds. The van der Waals surface area contributed by atoms with Crippen LogP contribution in [0.4, 0.5) is 5.13 Å². The zero-order chi connectivity index (χ0) is 12.0. The average molecular weight is 316 g/mol. The minimum atomic E-state index is 0.169. The molecule has 2 heterocycles. The molecule has 92 valence electrons. The Hall–Kier alpha value is -0.460. The van der Waals surface area contributed by atoms with Gasteiger partial charge < -0.3 is 5.73 Å². The van der Waals surface area contributed by atoms with E-state index in [2.05, 4.69) is 20.9 Å². The van der Waals surface area contributed by atoms with Crippen LogP contribution in [0.5, 0.6) is 0 Å². The predicted molar refractivity (Wildman–Crippen MR) is 71.8 cm³/mol. The lowest BCUT2D eigenvalue weighted by molar-refractivity contribution is -0.117. The normalized spacial score (nSPS) is 28.6. The minimum absolute atomic E-state index is 0.169. The van der Waals surface area contributed by atoms with Gasteiger partial charge >= 0.3 is 0 Å². The summed E-state index contributed by atoms with van der Waals surface area (Å²) in [6.45, 7) is 0.733. The van der Waals surface area contributed by atoms with Crippen LogP contribution in [-0.2, 0) is 17.6 Å². The first-order valence-electron chi connectivity index (χ1n) is 5.82. The first kappa shape index (κ1) is 11.6. The molecular weight excluding hydrogens is 302 g/mol. The summed E-state index contributed by atoms with van der Waals surface area (Å²) in [4.78, 5) is 19.7. The zero-order valence-electron chi connectivity index (χ0n) is 9.36. The van der Waals surface area contributed by atoms with Crippen LogP contribution < -0.4 is 10.6 Å². The molecular formula is C11H14BrN3OS. The van der Waals surface area contributed by atoms with Crippen LogP contribution in [0.1, 0.15) is 23.4 Å². The maximum Gasteiger partial charge on any atom is 0.230 e. The quantitative estimate of drug-likeness (QED) is 0.798. The lowest BCUT2D eigenvalue weighted by atomic mass is 9.99. The highest BCUT2D eigenvalue weighted by atomic mass is 79.9. The van der Waals surface area contributed by atoms with Crippen molar-refractivity contribution in [2.45, 2.75) is 36.6 Å². The first-order chi connectivity index (χ1) is 8.13. The lowest BCUT2D eigenvalue weighted by Gasteiger charge is -2.15. The Morgan fingerprint density at radius 3 is 3.00 bits per heavy atom. The molecule has 2 N–H and O–H groups in total. The van der Waals surface area contributed by atoms with Crippen LogP contribution in [-0.4, -0.2) is 28.3 Å². The Morgan fingerprint density at radius 2 is 2.29 bits per heavy atom. The number of hydrogen-bond donors (Lipinski definition) is 1. The third-order valence-corrected chi connectivity index (χ3v) is 5.03. The summed E-state index contributed by atoms with van der Waals surface area (Å²) in [6.07, 6.45) is 3.44. The first-order valence-corrected chi connectivity index (χ1v) is 7.55. The third-order valence-electron chi connectivity index (χ3n) is 3.28. The largest absolute Gasteiger partial charge is 0.327 e. The smallest absolute Gasteiger partial charge is 0.230 e. The summed E-state index contributed by atoms with van der Waals surface area (Å²) < 4.78 is 0. The molecule has 3 rings (SSSR count). The van der Waals surface area contributed by atoms with E-state index < -0.39 is 0 Å². The fraction of sp³-hybridized carbons (Fsp3) is 0.636. The highest BCUT2D eigenvalue weighted by Crippen LogP contribution is 2.34. The van der Waals surface area contributed by atoms with E-state index in [1.54, 1.807) is 16.2 Å². The van der Waals surface area contributed by atoms with E-state index in [1.807, 2.05) is 0 Å². The summed E-state index contributed by atoms with van der Waals surface area (Å²) >= 11 is 5.13. The van der Waals surface area contributed by atoms with E-state index in [-0.39, 0.29) is 16.8 Å². The summed E-state index contributed by atoms with van der Waals surface area (Å²) in [5, 5.41) is 0.857. The van der Waals surface area contributed by atoms with Crippen LogP contribution >= 0.6 is 27.3 Å². The van der Waals surface area contributed by atoms with Crippen molar-refractivity contribution >= 4 is 38.3 Å². The van der Waals surface area contributed by atoms with Crippen LogP contribution in [0.2, 0.25) is 0 Å². The summed E-state index contributed by atoms with van der Waals surface area (Å²) in [5.41, 5.74) is 7.10. The van der Waals surface area contributed by atoms with Gasteiger partial charge in [-0.25, -0.2) is 4.98 Å². The molecule has 0 spiro atoms. The number of carbonyl (C=O) groups excluding carboxylic acids is 1. The summed E-state index contributed by atoms with van der Waals surface area (Å²) in [6, 6.07) is 0.258. The summed E-state index contributed by atoms with van der Waals surface area (Å²) in [7, 11) is 0. The Labute approximate surface area is 112 Å². The number of aryl methyl sites for hydroxylation is 1. The van der Waals surface area contributed by atoms with Gasteiger partial charge in [-0.2, -0.15) is 0 Å². The third kappa shape index (κ3) is 2.13. The average Bonchev–Trinajstić information content (AvgIpc) is 2.80. The Bertz CT molecular complexity index is 462. The van der Waals surface area contributed by atoms with E-state index in [4.69, 9.17) is 5.73 Å². The molecule has 1 aliphatic carbocycles. The van der Waals surface area contributed by atoms with E-state index in [0.717, 1.165) is 36.6 Å². The van der Waals surface area contributed by atoms with Crippen molar-refractivity contribution in [1.29, 1.82) is 0 Å². The zero-order valence-corrected chi connectivity index (χ0v) is 11.8. The highest BCUT2D eigenvalue weighted by Gasteiger charge is 2.32. The Kier molecular flexibility index (Phi) is 2.96. The predicted octanol–water partition coefficient (Wildman–Crippen LogP) is 1.46. The van der Waals surface area contributed by atoms with Gasteiger partial charge in [0.05, 0.1) is 5.69 Å². The van der Waals surface area contributed by atoms with Gasteiger partial charge in [-0.15, -0.1) is 11.3 Å². The number of carbonyl (C=O) groups is 1. The molecule has 2 atom stereocenters. The van der Waals surface area contributed by atoms with Crippen molar-refractivity contribution in [1.82, 2.24) is 4.98 Å². The minimum Gasteiger partial charge on any atom is -0.327 e. The standard InChI is InChI=1S/C11H14BrN3OS/c12-6-3-10(16)15(5-6)11-14-8-2-1-7(13)4-9(8)17-11/h6-7H,1-5,13H2/t6?,7-/m0/s1. The molecule has 0 bridgehead atoms. The fourth-order valence-corrected chi connectivity index (χ4v) is 4.14. The van der Waals surface area contributed by atoms with E-state index >= 15 is 0 Å². The Balaban J connectivity index is 1.87. The van der Waals surface area contributed by atoms with Gasteiger partial charge in [0, 0.05) is 28.7 Å². The number of halogens is 1. The lowest BCUT2D eigenvalue weighted by Crippen LogP contribution is -2.27. The molecule has 0 aromatic carbocycles. The molecule has 1 aliphatic heterocycles. The number of anilines is 1. The van der Waals surface area contributed by atoms with Crippen molar-refractivity contribution in [2.75, 3.05) is 11.4 Å². The number of alkyl halides is 1. The van der Waals surface area contributed by atoms with E-state index in [1.165, 1.54) is 4.88 Å². The molecule has 2 aliphatic rings. The number of fused-ring (bicyclic) bond motifs is 1. The number of aromatic nitrogens is 1. The van der Waals surface area contributed by atoms with Gasteiger partial charge in [0.25, 0.3) is 0 Å². The molecule has 1 aromatic heterocycles. The van der Waals surface area contributed by atoms with Gasteiger partial charge in [0.2, 0.25) is 5.91 Å². The van der Waals surface area contributed by atoms with Gasteiger partial charge in [-0.05, 0) is 19.3 Å². The number of hydrogen-bond acceptors (Lipinski definition) is 4. The van der Waals surface area contributed by atoms with Gasteiger partial charge in [0.1, 0.15) is 0 Å². The van der Waals surface area contributed by atoms with E-state index in [9.17, 15) is 4.79 Å². The molecule has 1 aromatic rings. The van der Waals surface area contributed by atoms with Crippen LogP contribution in [0.25, 0.3) is 0 Å². The van der Waals surface area contributed by atoms with Crippen LogP contribution in [0.15, 0.2) is 0 Å². The second-order valence-electron chi connectivity index (χ2n) is 4.67. The van der Waals surface area contributed by atoms with Crippen LogP contribution in [0, 0.1) is 0 Å². The molecule has 0 radical (unpaired) electrons. The maximum absolute atomic E-state index is 11.8. The number of rotatable bonds is 1. The van der Waals surface area contributed by atoms with Crippen molar-refractivity contribution in [3.05, 3.63) is 10.6 Å². The molecule has 1 fully saturated rings. The molecule has 1 saturated heterocycles. The van der Waals surface area contributed by atoms with Crippen LogP contribution in [0.3, 0.4) is 0 Å². The summed E-state index contributed by atoms with van der Waals surface area (Å²) in [5.74, 6) is 0.169. The SMILES string of the molecule is N[C@H]1CCc2nc(N3CC(Br)CC3=O)sc2C1. The van der Waals surface area contributed by atoms with E-state index in [0.29, 0.717) is 6.42 Å². The van der Waals surface area contributed by atoms with Crippen molar-refractivity contribution in [3.8, 4) is 0 Å². The molecule has 17 heavy (non-hydrogen) atoms. The number of nitrogens with zero attached hydrogens (tertiary/aromatic N) is 2. The fourth-order valence-electron chi connectivity index (χ4n) is 2.35. The van der Waals surface area contributed by atoms with Crippen molar-refractivity contribution in [2.24, 2.45) is 5.73 Å². The number of amides is 1. The molecule has 0 saturated carbocycles. The Morgan fingerprint density at radius 1 is 1.47 bits per heavy atom. The topological polar surface area (TPSA) is 59.2 Å². The number of thiazole rings is 1.